The molecule has 0 amide bonds. The summed E-state index contributed by atoms with van der Waals surface area (Å²) in [6.45, 7) is 5.63. The molecule has 0 aromatic carbocycles. The van der Waals surface area contributed by atoms with Gasteiger partial charge >= 0.3 is 0 Å². The van der Waals surface area contributed by atoms with Gasteiger partial charge in [0.25, 0.3) is 0 Å². The molecule has 1 aromatic heterocycles. The fraction of sp³-hybridized carbons (Fsp3) is 0.769. The van der Waals surface area contributed by atoms with Gasteiger partial charge in [-0.15, -0.1) is 0 Å². The lowest BCUT2D eigenvalue weighted by Gasteiger charge is -2.08. The van der Waals surface area contributed by atoms with Gasteiger partial charge in [0.2, 0.25) is 10.0 Å². The molecule has 1 heterocycles. The number of hydrogen-bond acceptors (Lipinski definition) is 5. The fourth-order valence-corrected chi connectivity index (χ4v) is 4.10. The number of sulfonamides is 1. The topological polar surface area (TPSA) is 76.0 Å². The molecular formula is C13H26N4O2S2. The molecule has 1 rings (SSSR count). The highest BCUT2D eigenvalue weighted by molar-refractivity contribution is 7.98. The van der Waals surface area contributed by atoms with Gasteiger partial charge in [0.05, 0.1) is 11.4 Å². The highest BCUT2D eigenvalue weighted by Gasteiger charge is 2.23. The Morgan fingerprint density at radius 1 is 1.24 bits per heavy atom. The second-order valence-electron chi connectivity index (χ2n) is 4.92. The molecule has 0 bridgehead atoms. The first kappa shape index (κ1) is 18.5. The highest BCUT2D eigenvalue weighted by Crippen LogP contribution is 2.19. The Balaban J connectivity index is 2.81. The van der Waals surface area contributed by atoms with Crippen molar-refractivity contribution in [1.82, 2.24) is 19.8 Å². The van der Waals surface area contributed by atoms with E-state index in [2.05, 4.69) is 15.1 Å². The summed E-state index contributed by atoms with van der Waals surface area (Å²) in [6, 6.07) is 0. The molecule has 0 aliphatic carbocycles. The zero-order valence-corrected chi connectivity index (χ0v) is 14.9. The molecule has 8 heteroatoms. The van der Waals surface area contributed by atoms with Gasteiger partial charge in [-0.25, -0.2) is 13.1 Å². The maximum absolute atomic E-state index is 12.4. The van der Waals surface area contributed by atoms with Crippen LogP contribution in [0.1, 0.15) is 24.2 Å². The van der Waals surface area contributed by atoms with Crippen molar-refractivity contribution in [3.8, 4) is 0 Å². The zero-order chi connectivity index (χ0) is 15.9. The Hall–Kier alpha value is -0.570. The average Bonchev–Trinajstić information content (AvgIpc) is 2.70. The number of thioether (sulfide) groups is 1. The van der Waals surface area contributed by atoms with Gasteiger partial charge in [-0.05, 0) is 52.3 Å². The summed E-state index contributed by atoms with van der Waals surface area (Å²) in [7, 11) is -1.57. The molecular weight excluding hydrogens is 308 g/mol. The summed E-state index contributed by atoms with van der Waals surface area (Å²) in [5.41, 5.74) is 1.27. The quantitative estimate of drug-likeness (QED) is 0.628. The number of rotatable bonds is 10. The van der Waals surface area contributed by atoms with Crippen molar-refractivity contribution >= 4 is 21.8 Å². The molecule has 6 nitrogen and oxygen atoms in total. The van der Waals surface area contributed by atoms with Crippen LogP contribution in [0.2, 0.25) is 0 Å². The number of hydrogen-bond donors (Lipinski definition) is 2. The first-order valence-corrected chi connectivity index (χ1v) is 9.99. The van der Waals surface area contributed by atoms with E-state index in [9.17, 15) is 8.42 Å². The van der Waals surface area contributed by atoms with Gasteiger partial charge in [-0.2, -0.15) is 16.9 Å². The van der Waals surface area contributed by atoms with E-state index in [1.807, 2.05) is 20.2 Å². The number of aromatic nitrogens is 2. The second-order valence-corrected chi connectivity index (χ2v) is 7.61. The Kier molecular flexibility index (Phi) is 7.72. The van der Waals surface area contributed by atoms with E-state index in [1.165, 1.54) is 0 Å². The molecule has 0 aliphatic heterocycles. The third-order valence-electron chi connectivity index (χ3n) is 3.20. The van der Waals surface area contributed by atoms with Gasteiger partial charge < -0.3 is 5.32 Å². The minimum Gasteiger partial charge on any atom is -0.320 e. The van der Waals surface area contributed by atoms with Crippen LogP contribution in [0, 0.1) is 13.8 Å². The Labute approximate surface area is 132 Å². The third-order valence-corrected chi connectivity index (χ3v) is 5.61. The zero-order valence-electron chi connectivity index (χ0n) is 13.3. The number of nitrogens with one attached hydrogen (secondary N) is 2. The molecule has 0 fully saturated rings. The summed E-state index contributed by atoms with van der Waals surface area (Å²) >= 11 is 1.71. The molecule has 21 heavy (non-hydrogen) atoms. The van der Waals surface area contributed by atoms with Crippen molar-refractivity contribution in [3.05, 3.63) is 11.4 Å². The van der Waals surface area contributed by atoms with E-state index >= 15 is 0 Å². The monoisotopic (exact) mass is 334 g/mol. The first-order chi connectivity index (χ1) is 9.94. The van der Waals surface area contributed by atoms with Crippen molar-refractivity contribution in [3.63, 3.8) is 0 Å². The lowest BCUT2D eigenvalue weighted by molar-refractivity contribution is 0.546. The van der Waals surface area contributed by atoms with Crippen LogP contribution in [-0.2, 0) is 16.6 Å². The van der Waals surface area contributed by atoms with Crippen LogP contribution in [0.25, 0.3) is 0 Å². The molecule has 0 saturated carbocycles. The van der Waals surface area contributed by atoms with E-state index in [-0.39, 0.29) is 0 Å². The first-order valence-electron chi connectivity index (χ1n) is 7.11. The molecule has 0 radical (unpaired) electrons. The fourth-order valence-electron chi connectivity index (χ4n) is 2.19. The van der Waals surface area contributed by atoms with E-state index < -0.39 is 10.0 Å². The van der Waals surface area contributed by atoms with E-state index in [0.717, 1.165) is 31.7 Å². The van der Waals surface area contributed by atoms with Crippen molar-refractivity contribution in [2.75, 3.05) is 32.1 Å². The number of aryl methyl sites for hydroxylation is 2. The Bertz CT molecular complexity index is 541. The molecule has 0 spiro atoms. The van der Waals surface area contributed by atoms with Gasteiger partial charge in [0.15, 0.2) is 0 Å². The lowest BCUT2D eigenvalue weighted by atomic mass is 10.4. The summed E-state index contributed by atoms with van der Waals surface area (Å²) in [6.07, 6.45) is 3.76. The summed E-state index contributed by atoms with van der Waals surface area (Å²) in [5.74, 6) is 0.948. The molecule has 0 atom stereocenters. The Morgan fingerprint density at radius 2 is 1.95 bits per heavy atom. The van der Waals surface area contributed by atoms with E-state index in [4.69, 9.17) is 0 Å². The molecule has 122 valence electrons. The maximum atomic E-state index is 12.4. The summed E-state index contributed by atoms with van der Waals surface area (Å²) in [5, 5.41) is 7.43. The predicted octanol–water partition coefficient (Wildman–Crippen LogP) is 1.14. The number of nitrogens with zero attached hydrogens (tertiary/aromatic N) is 2. The molecule has 0 unspecified atom stereocenters. The lowest BCUT2D eigenvalue weighted by Crippen LogP contribution is -2.26. The summed E-state index contributed by atoms with van der Waals surface area (Å²) < 4.78 is 29.2. The minimum absolute atomic E-state index is 0.330. The second kappa shape index (κ2) is 8.77. The van der Waals surface area contributed by atoms with Crippen molar-refractivity contribution < 1.29 is 8.42 Å². The maximum Gasteiger partial charge on any atom is 0.244 e. The van der Waals surface area contributed by atoms with Crippen molar-refractivity contribution in [2.45, 2.75) is 38.1 Å². The SMILES string of the molecule is CNCCCn1nc(C)c(S(=O)(=O)NCCCSC)c1C. The van der Waals surface area contributed by atoms with Crippen molar-refractivity contribution in [1.29, 1.82) is 0 Å². The van der Waals surface area contributed by atoms with Gasteiger partial charge in [-0.1, -0.05) is 0 Å². The smallest absolute Gasteiger partial charge is 0.244 e. The average molecular weight is 335 g/mol. The highest BCUT2D eigenvalue weighted by atomic mass is 32.2. The predicted molar refractivity (Wildman–Crippen MR) is 88.4 cm³/mol. The minimum atomic E-state index is -3.47. The van der Waals surface area contributed by atoms with Gasteiger partial charge in [-0.3, -0.25) is 4.68 Å². The molecule has 0 aliphatic rings. The van der Waals surface area contributed by atoms with Crippen molar-refractivity contribution in [2.24, 2.45) is 0 Å². The van der Waals surface area contributed by atoms with Gasteiger partial charge in [0, 0.05) is 13.1 Å². The normalized spacial score (nSPS) is 12.0. The van der Waals surface area contributed by atoms with Crippen LogP contribution in [0.15, 0.2) is 4.90 Å². The van der Waals surface area contributed by atoms with Crippen LogP contribution in [0.4, 0.5) is 0 Å². The van der Waals surface area contributed by atoms with Gasteiger partial charge in [0.1, 0.15) is 4.90 Å². The van der Waals surface area contributed by atoms with Crippen LogP contribution in [0.5, 0.6) is 0 Å². The van der Waals surface area contributed by atoms with E-state index in [1.54, 1.807) is 23.4 Å². The third kappa shape index (κ3) is 5.28. The molecule has 2 N–H and O–H groups in total. The van der Waals surface area contributed by atoms with Crippen LogP contribution in [-0.4, -0.2) is 50.3 Å². The molecule has 1 aromatic rings. The Morgan fingerprint density at radius 3 is 2.57 bits per heavy atom. The van der Waals surface area contributed by atoms with Crippen LogP contribution in [0.3, 0.4) is 0 Å². The van der Waals surface area contributed by atoms with Crippen LogP contribution < -0.4 is 10.0 Å². The standard InChI is InChI=1S/C13H26N4O2S2/c1-11-13(21(18,19)15-8-6-10-20-4)12(2)17(16-11)9-5-7-14-3/h14-15H,5-10H2,1-4H3. The summed E-state index contributed by atoms with van der Waals surface area (Å²) in [4.78, 5) is 0.330. The largest absolute Gasteiger partial charge is 0.320 e. The molecule has 0 saturated heterocycles. The van der Waals surface area contributed by atoms with E-state index in [0.29, 0.717) is 22.8 Å². The van der Waals surface area contributed by atoms with Crippen LogP contribution >= 0.6 is 11.8 Å².